The molecule has 0 bridgehead atoms. The minimum absolute atomic E-state index is 0.0835. The number of hydrogen-bond donors (Lipinski definition) is 2. The van der Waals surface area contributed by atoms with Gasteiger partial charge in [0.25, 0.3) is 0 Å². The number of carbonyl (C=O) groups excluding carboxylic acids is 1. The number of rotatable bonds is 4. The topological polar surface area (TPSA) is 83.8 Å². The number of benzene rings is 2. The second-order valence-electron chi connectivity index (χ2n) is 8.22. The number of nitrogens with one attached hydrogen (secondary N) is 2. The molecule has 2 heterocycles. The van der Waals surface area contributed by atoms with Crippen LogP contribution in [-0.4, -0.2) is 37.2 Å². The minimum Gasteiger partial charge on any atom is -0.490 e. The van der Waals surface area contributed by atoms with Gasteiger partial charge in [0.2, 0.25) is 0 Å². The molecule has 0 spiro atoms. The van der Waals surface area contributed by atoms with Crippen LogP contribution < -0.4 is 21.0 Å². The van der Waals surface area contributed by atoms with E-state index < -0.39 is 11.7 Å². The van der Waals surface area contributed by atoms with Gasteiger partial charge in [0, 0.05) is 33.3 Å². The van der Waals surface area contributed by atoms with E-state index in [1.54, 1.807) is 6.07 Å². The van der Waals surface area contributed by atoms with Crippen molar-refractivity contribution in [2.24, 2.45) is 0 Å². The summed E-state index contributed by atoms with van der Waals surface area (Å²) in [6, 6.07) is 10.5. The van der Waals surface area contributed by atoms with Gasteiger partial charge in [0.05, 0.1) is 0 Å². The van der Waals surface area contributed by atoms with Crippen molar-refractivity contribution in [3.05, 3.63) is 61.5 Å². The van der Waals surface area contributed by atoms with Crippen LogP contribution in [0.2, 0.25) is 0 Å². The van der Waals surface area contributed by atoms with Crippen molar-refractivity contribution in [1.82, 2.24) is 4.90 Å². The molecule has 0 aliphatic carbocycles. The lowest BCUT2D eigenvalue weighted by Crippen LogP contribution is -2.35. The molecule has 1 fully saturated rings. The summed E-state index contributed by atoms with van der Waals surface area (Å²) in [6.45, 7) is 5.89. The largest absolute Gasteiger partial charge is 0.490 e. The fraction of sp³-hybridized carbons (Fsp3) is 0.333. The molecule has 0 unspecified atom stereocenters. The number of hydrogen-bond acceptors (Lipinski definition) is 5. The first-order chi connectivity index (χ1) is 15.3. The Balaban J connectivity index is 1.51. The van der Waals surface area contributed by atoms with E-state index >= 15 is 0 Å². The first kappa shape index (κ1) is 22.6. The number of halogens is 1. The Morgan fingerprint density at radius 1 is 1.12 bits per heavy atom. The van der Waals surface area contributed by atoms with E-state index in [-0.39, 0.29) is 11.8 Å². The van der Waals surface area contributed by atoms with Gasteiger partial charge in [-0.05, 0) is 92.2 Å². The van der Waals surface area contributed by atoms with Gasteiger partial charge in [0.1, 0.15) is 23.1 Å². The third-order valence-corrected chi connectivity index (χ3v) is 6.90. The molecular weight excluding hydrogens is 521 g/mol. The quantitative estimate of drug-likeness (QED) is 0.350. The lowest BCUT2D eigenvalue weighted by atomic mass is 10.1. The summed E-state index contributed by atoms with van der Waals surface area (Å²) in [4.78, 5) is 27.2. The van der Waals surface area contributed by atoms with E-state index in [1.165, 1.54) is 0 Å². The van der Waals surface area contributed by atoms with Gasteiger partial charge in [-0.25, -0.2) is 9.59 Å². The summed E-state index contributed by atoms with van der Waals surface area (Å²) in [5.41, 5.74) is 2.50. The molecule has 0 atom stereocenters. The summed E-state index contributed by atoms with van der Waals surface area (Å²) in [7, 11) is 2.11. The highest BCUT2D eigenvalue weighted by Crippen LogP contribution is 2.30. The second kappa shape index (κ2) is 9.50. The van der Waals surface area contributed by atoms with Crippen LogP contribution in [0.25, 0.3) is 11.0 Å². The van der Waals surface area contributed by atoms with Crippen molar-refractivity contribution >= 4 is 51.0 Å². The number of piperidine rings is 1. The standard InChI is InChI=1S/C24H26IN3O4/c1-14-4-6-17(13-19(14)25)26-24(30)27-20-12-16-5-7-21(15(2)22(16)32-23(20)29)31-18-8-10-28(3)11-9-18/h4-7,12-13,18H,8-11H2,1-3H3,(H2,26,27,30). The van der Waals surface area contributed by atoms with E-state index in [4.69, 9.17) is 9.15 Å². The van der Waals surface area contributed by atoms with E-state index in [1.807, 2.05) is 44.2 Å². The molecule has 1 aliphatic rings. The summed E-state index contributed by atoms with van der Waals surface area (Å²) < 4.78 is 12.8. The Morgan fingerprint density at radius 2 is 1.88 bits per heavy atom. The van der Waals surface area contributed by atoms with Crippen LogP contribution in [-0.2, 0) is 0 Å². The average molecular weight is 547 g/mol. The summed E-state index contributed by atoms with van der Waals surface area (Å²) in [5, 5.41) is 6.06. The van der Waals surface area contributed by atoms with Gasteiger partial charge in [-0.2, -0.15) is 0 Å². The van der Waals surface area contributed by atoms with Crippen molar-refractivity contribution < 1.29 is 13.9 Å². The predicted octanol–water partition coefficient (Wildman–Crippen LogP) is 5.13. The number of fused-ring (bicyclic) bond motifs is 1. The van der Waals surface area contributed by atoms with Crippen LogP contribution in [0.1, 0.15) is 24.0 Å². The molecule has 4 rings (SSSR count). The van der Waals surface area contributed by atoms with Crippen LogP contribution in [0.3, 0.4) is 0 Å². The fourth-order valence-electron chi connectivity index (χ4n) is 3.76. The van der Waals surface area contributed by atoms with Gasteiger partial charge in [-0.15, -0.1) is 0 Å². The van der Waals surface area contributed by atoms with Crippen LogP contribution in [0, 0.1) is 17.4 Å². The third kappa shape index (κ3) is 5.07. The summed E-state index contributed by atoms with van der Waals surface area (Å²) in [5.74, 6) is 0.725. The molecule has 3 aromatic rings. The highest BCUT2D eigenvalue weighted by molar-refractivity contribution is 14.1. The molecule has 32 heavy (non-hydrogen) atoms. The molecule has 1 aliphatic heterocycles. The predicted molar refractivity (Wildman–Crippen MR) is 135 cm³/mol. The number of carbonyl (C=O) groups is 1. The van der Waals surface area contributed by atoms with E-state index in [2.05, 4.69) is 45.2 Å². The number of anilines is 2. The second-order valence-corrected chi connectivity index (χ2v) is 9.38. The Bertz CT molecular complexity index is 1220. The molecule has 1 saturated heterocycles. The number of aryl methyl sites for hydroxylation is 2. The number of amides is 2. The molecule has 8 heteroatoms. The Morgan fingerprint density at radius 3 is 2.59 bits per heavy atom. The normalized spacial score (nSPS) is 15.0. The third-order valence-electron chi connectivity index (χ3n) is 5.74. The molecule has 1 aromatic heterocycles. The molecule has 168 valence electrons. The maximum Gasteiger partial charge on any atom is 0.360 e. The zero-order chi connectivity index (χ0) is 22.8. The van der Waals surface area contributed by atoms with E-state index in [0.29, 0.717) is 11.3 Å². The van der Waals surface area contributed by atoms with E-state index in [9.17, 15) is 9.59 Å². The van der Waals surface area contributed by atoms with Crippen LogP contribution in [0.15, 0.2) is 45.6 Å². The Hall–Kier alpha value is -2.59. The maximum atomic E-state index is 12.6. The smallest absolute Gasteiger partial charge is 0.360 e. The van der Waals surface area contributed by atoms with Crippen LogP contribution in [0.5, 0.6) is 5.75 Å². The van der Waals surface area contributed by atoms with Crippen molar-refractivity contribution in [2.75, 3.05) is 30.8 Å². The summed E-state index contributed by atoms with van der Waals surface area (Å²) >= 11 is 2.21. The van der Waals surface area contributed by atoms with Gasteiger partial charge in [0.15, 0.2) is 0 Å². The van der Waals surface area contributed by atoms with Crippen molar-refractivity contribution in [3.63, 3.8) is 0 Å². The number of ether oxygens (including phenoxy) is 1. The molecule has 2 N–H and O–H groups in total. The van der Waals surface area contributed by atoms with Gasteiger partial charge < -0.3 is 24.7 Å². The monoisotopic (exact) mass is 547 g/mol. The Labute approximate surface area is 200 Å². The van der Waals surface area contributed by atoms with Crippen LogP contribution in [0.4, 0.5) is 16.2 Å². The molecule has 0 saturated carbocycles. The molecule has 7 nitrogen and oxygen atoms in total. The lowest BCUT2D eigenvalue weighted by molar-refractivity contribution is 0.113. The molecule has 0 radical (unpaired) electrons. The molecule has 2 aromatic carbocycles. The molecule has 2 amide bonds. The van der Waals surface area contributed by atoms with Crippen LogP contribution >= 0.6 is 22.6 Å². The van der Waals surface area contributed by atoms with Crippen molar-refractivity contribution in [1.29, 1.82) is 0 Å². The highest BCUT2D eigenvalue weighted by Gasteiger charge is 2.20. The number of likely N-dealkylation sites (tertiary alicyclic amines) is 1. The molecular formula is C24H26IN3O4. The highest BCUT2D eigenvalue weighted by atomic mass is 127. The van der Waals surface area contributed by atoms with Gasteiger partial charge in [-0.3, -0.25) is 0 Å². The number of urea groups is 1. The minimum atomic E-state index is -0.606. The van der Waals surface area contributed by atoms with Gasteiger partial charge >= 0.3 is 11.7 Å². The maximum absolute atomic E-state index is 12.6. The van der Waals surface area contributed by atoms with Crippen molar-refractivity contribution in [2.45, 2.75) is 32.8 Å². The Kier molecular flexibility index (Phi) is 6.71. The first-order valence-corrected chi connectivity index (χ1v) is 11.6. The SMILES string of the molecule is Cc1ccc(NC(=O)Nc2cc3ccc(OC4CCN(C)CC4)c(C)c3oc2=O)cc1I. The fourth-order valence-corrected chi connectivity index (χ4v) is 4.27. The first-order valence-electron chi connectivity index (χ1n) is 10.6. The van der Waals surface area contributed by atoms with E-state index in [0.717, 1.165) is 51.8 Å². The number of nitrogens with zero attached hydrogens (tertiary/aromatic N) is 1. The average Bonchev–Trinajstić information content (AvgIpc) is 2.75. The zero-order valence-corrected chi connectivity index (χ0v) is 20.5. The van der Waals surface area contributed by atoms with Crippen molar-refractivity contribution in [3.8, 4) is 5.75 Å². The zero-order valence-electron chi connectivity index (χ0n) is 18.3. The lowest BCUT2D eigenvalue weighted by Gasteiger charge is -2.29. The van der Waals surface area contributed by atoms with Gasteiger partial charge in [-0.1, -0.05) is 6.07 Å². The summed E-state index contributed by atoms with van der Waals surface area (Å²) in [6.07, 6.45) is 2.09.